The van der Waals surface area contributed by atoms with Crippen molar-refractivity contribution in [2.24, 2.45) is 4.99 Å². The lowest BCUT2D eigenvalue weighted by molar-refractivity contribution is 0.186. The smallest absolute Gasteiger partial charge is 0.413 e. The van der Waals surface area contributed by atoms with E-state index >= 15 is 0 Å². The van der Waals surface area contributed by atoms with Crippen LogP contribution in [0.25, 0.3) is 11.0 Å². The lowest BCUT2D eigenvalue weighted by Crippen LogP contribution is -2.11. The zero-order valence-corrected chi connectivity index (χ0v) is 16.4. The van der Waals surface area contributed by atoms with Crippen LogP contribution in [0.3, 0.4) is 0 Å². The van der Waals surface area contributed by atoms with Crippen molar-refractivity contribution in [3.8, 4) is 11.5 Å². The summed E-state index contributed by atoms with van der Waals surface area (Å²) in [6.07, 6.45) is 0.844. The van der Waals surface area contributed by atoms with Gasteiger partial charge in [-0.2, -0.15) is 0 Å². The molecule has 2 aromatic carbocycles. The van der Waals surface area contributed by atoms with E-state index in [-0.39, 0.29) is 21.9 Å². The van der Waals surface area contributed by atoms with Gasteiger partial charge in [0.15, 0.2) is 0 Å². The molecule has 1 aromatic heterocycles. The van der Waals surface area contributed by atoms with Crippen molar-refractivity contribution in [1.29, 1.82) is 0 Å². The number of aromatic hydroxyl groups is 2. The normalized spacial score (nSPS) is 11.2. The first kappa shape index (κ1) is 18.2. The van der Waals surface area contributed by atoms with Crippen LogP contribution in [0.4, 0.5) is 16.4 Å². The van der Waals surface area contributed by atoms with Crippen LogP contribution in [0.5, 0.6) is 11.5 Å². The Labute approximate surface area is 164 Å². The maximum Gasteiger partial charge on any atom is 0.413 e. The zero-order valence-electron chi connectivity index (χ0n) is 13.2. The number of hydrogen-bond acceptors (Lipinski definition) is 6. The highest BCUT2D eigenvalue weighted by molar-refractivity contribution is 9.11. The number of methoxy groups -OCH3 is 1. The number of phenolic OH excluding ortho intramolecular Hbond substituents is 2. The van der Waals surface area contributed by atoms with Gasteiger partial charge in [0.2, 0.25) is 5.95 Å². The topological polar surface area (TPSA) is 120 Å². The van der Waals surface area contributed by atoms with Crippen molar-refractivity contribution >= 4 is 66.8 Å². The zero-order chi connectivity index (χ0) is 18.8. The van der Waals surface area contributed by atoms with Gasteiger partial charge in [0.25, 0.3) is 0 Å². The number of aromatic amines is 1. The molecule has 0 unspecified atom stereocenters. The molecular formula is C16H12Br2N4O4. The maximum atomic E-state index is 11.2. The molecule has 0 spiro atoms. The molecule has 1 amide bonds. The number of aliphatic imine (C=N–C) groups is 1. The Kier molecular flexibility index (Phi) is 5.14. The van der Waals surface area contributed by atoms with Crippen molar-refractivity contribution < 1.29 is 19.7 Å². The lowest BCUT2D eigenvalue weighted by Gasteiger charge is -2.06. The number of halogens is 2. The number of phenols is 2. The first-order valence-electron chi connectivity index (χ1n) is 7.17. The molecule has 3 rings (SSSR count). The van der Waals surface area contributed by atoms with Gasteiger partial charge < -0.3 is 19.9 Å². The van der Waals surface area contributed by atoms with E-state index in [9.17, 15) is 15.0 Å². The van der Waals surface area contributed by atoms with Gasteiger partial charge in [-0.3, -0.25) is 10.3 Å². The van der Waals surface area contributed by atoms with E-state index in [1.165, 1.54) is 13.3 Å². The minimum Gasteiger partial charge on any atom is -0.506 e. The summed E-state index contributed by atoms with van der Waals surface area (Å²) in [6.45, 7) is 0. The summed E-state index contributed by atoms with van der Waals surface area (Å²) in [4.78, 5) is 22.7. The number of aromatic nitrogens is 2. The second kappa shape index (κ2) is 7.34. The number of H-pyrrole nitrogens is 1. The number of anilines is 1. The molecule has 26 heavy (non-hydrogen) atoms. The molecule has 0 bridgehead atoms. The number of carbonyl (C=O) groups is 1. The van der Waals surface area contributed by atoms with Gasteiger partial charge in [0.1, 0.15) is 16.0 Å². The molecule has 1 heterocycles. The largest absolute Gasteiger partial charge is 0.506 e. The molecule has 0 saturated heterocycles. The van der Waals surface area contributed by atoms with E-state index in [4.69, 9.17) is 0 Å². The third kappa shape index (κ3) is 3.65. The van der Waals surface area contributed by atoms with Crippen molar-refractivity contribution in [1.82, 2.24) is 9.97 Å². The first-order valence-corrected chi connectivity index (χ1v) is 8.76. The average Bonchev–Trinajstić information content (AvgIpc) is 3.03. The molecule has 0 aliphatic rings. The number of hydrogen-bond donors (Lipinski definition) is 4. The number of nitrogens with zero attached hydrogens (tertiary/aromatic N) is 2. The van der Waals surface area contributed by atoms with Crippen LogP contribution in [0, 0.1) is 0 Å². The summed E-state index contributed by atoms with van der Waals surface area (Å²) in [7, 11) is 1.26. The fourth-order valence-electron chi connectivity index (χ4n) is 2.14. The molecule has 3 aromatic rings. The number of benzene rings is 2. The Hall–Kier alpha value is -2.59. The van der Waals surface area contributed by atoms with Gasteiger partial charge in [-0.1, -0.05) is 0 Å². The van der Waals surface area contributed by atoms with Crippen LogP contribution in [0.15, 0.2) is 38.2 Å². The van der Waals surface area contributed by atoms with E-state index in [0.29, 0.717) is 26.8 Å². The van der Waals surface area contributed by atoms with Crippen molar-refractivity contribution in [3.63, 3.8) is 0 Å². The first-order chi connectivity index (χ1) is 12.4. The highest BCUT2D eigenvalue weighted by Crippen LogP contribution is 2.40. The Balaban J connectivity index is 1.89. The summed E-state index contributed by atoms with van der Waals surface area (Å²) < 4.78 is 5.12. The second-order valence-electron chi connectivity index (χ2n) is 5.12. The molecule has 0 radical (unpaired) electrons. The highest BCUT2D eigenvalue weighted by Gasteiger charge is 2.13. The molecule has 134 valence electrons. The summed E-state index contributed by atoms with van der Waals surface area (Å²) >= 11 is 6.33. The predicted octanol–water partition coefficient (Wildman–Crippen LogP) is 4.43. The van der Waals surface area contributed by atoms with Crippen molar-refractivity contribution in [3.05, 3.63) is 38.8 Å². The van der Waals surface area contributed by atoms with Crippen LogP contribution in [-0.2, 0) is 4.74 Å². The number of rotatable bonds is 3. The summed E-state index contributed by atoms with van der Waals surface area (Å²) in [5.41, 5.74) is 2.33. The quantitative estimate of drug-likeness (QED) is 0.411. The number of imidazole rings is 1. The Morgan fingerprint density at radius 3 is 2.81 bits per heavy atom. The van der Waals surface area contributed by atoms with E-state index < -0.39 is 6.09 Å². The van der Waals surface area contributed by atoms with Crippen LogP contribution >= 0.6 is 31.9 Å². The van der Waals surface area contributed by atoms with Crippen molar-refractivity contribution in [2.45, 2.75) is 0 Å². The standard InChI is InChI=1S/C16H12Br2N4O4/c1-26-16(25)22-15-20-10-3-2-8(5-11(10)21-15)19-6-7-4-9(17)14(24)12(18)13(7)23/h2-6,23-24H,1H3,(H2,20,21,22,25). The minimum atomic E-state index is -0.624. The van der Waals surface area contributed by atoms with Gasteiger partial charge in [-0.25, -0.2) is 9.78 Å². The molecule has 8 nitrogen and oxygen atoms in total. The summed E-state index contributed by atoms with van der Waals surface area (Å²) in [5, 5.41) is 22.3. The second-order valence-corrected chi connectivity index (χ2v) is 6.77. The van der Waals surface area contributed by atoms with Gasteiger partial charge in [-0.05, 0) is 56.1 Å². The van der Waals surface area contributed by atoms with E-state index in [1.54, 1.807) is 24.3 Å². The number of nitrogens with one attached hydrogen (secondary N) is 2. The molecule has 0 atom stereocenters. The molecular weight excluding hydrogens is 472 g/mol. The molecule has 0 saturated carbocycles. The number of ether oxygens (including phenoxy) is 1. The van der Waals surface area contributed by atoms with Crippen LogP contribution < -0.4 is 5.32 Å². The molecule has 4 N–H and O–H groups in total. The third-order valence-electron chi connectivity index (χ3n) is 3.42. The van der Waals surface area contributed by atoms with Gasteiger partial charge in [0, 0.05) is 11.8 Å². The lowest BCUT2D eigenvalue weighted by atomic mass is 10.2. The summed E-state index contributed by atoms with van der Waals surface area (Å²) in [6, 6.07) is 6.77. The van der Waals surface area contributed by atoms with E-state index in [1.807, 2.05) is 0 Å². The van der Waals surface area contributed by atoms with Gasteiger partial charge in [0.05, 0.1) is 28.3 Å². The molecule has 0 aliphatic heterocycles. The van der Waals surface area contributed by atoms with E-state index in [0.717, 1.165) is 0 Å². The third-order valence-corrected chi connectivity index (χ3v) is 4.78. The van der Waals surface area contributed by atoms with Crippen molar-refractivity contribution in [2.75, 3.05) is 12.4 Å². The fourth-order valence-corrected chi connectivity index (χ4v) is 3.30. The maximum absolute atomic E-state index is 11.2. The Morgan fingerprint density at radius 1 is 1.31 bits per heavy atom. The van der Waals surface area contributed by atoms with Gasteiger partial charge in [-0.15, -0.1) is 0 Å². The Morgan fingerprint density at radius 2 is 2.08 bits per heavy atom. The minimum absolute atomic E-state index is 0.0934. The van der Waals surface area contributed by atoms with Crippen LogP contribution in [0.1, 0.15) is 5.56 Å². The molecule has 0 aliphatic carbocycles. The fraction of sp³-hybridized carbons (Fsp3) is 0.0625. The SMILES string of the molecule is COC(=O)Nc1nc2ccc(N=Cc3cc(Br)c(O)c(Br)c3O)cc2[nH]1. The summed E-state index contributed by atoms with van der Waals surface area (Å²) in [5.74, 6) is 0.0443. The molecule has 0 fully saturated rings. The predicted molar refractivity (Wildman–Crippen MR) is 105 cm³/mol. The number of fused-ring (bicyclic) bond motifs is 1. The average molecular weight is 484 g/mol. The number of carbonyl (C=O) groups excluding carboxylic acids is 1. The monoisotopic (exact) mass is 482 g/mol. The van der Waals surface area contributed by atoms with Crippen LogP contribution in [-0.4, -0.2) is 39.6 Å². The Bertz CT molecular complexity index is 1030. The highest BCUT2D eigenvalue weighted by atomic mass is 79.9. The molecule has 10 heteroatoms. The number of amides is 1. The van der Waals surface area contributed by atoms with E-state index in [2.05, 4.69) is 56.9 Å². The van der Waals surface area contributed by atoms with Crippen LogP contribution in [0.2, 0.25) is 0 Å². The van der Waals surface area contributed by atoms with Gasteiger partial charge >= 0.3 is 6.09 Å².